The third-order valence-corrected chi connectivity index (χ3v) is 4.91. The zero-order valence-electron chi connectivity index (χ0n) is 12.0. The Kier molecular flexibility index (Phi) is 3.09. The summed E-state index contributed by atoms with van der Waals surface area (Å²) in [5, 5.41) is 0. The lowest BCUT2D eigenvalue weighted by Crippen LogP contribution is -2.35. The summed E-state index contributed by atoms with van der Waals surface area (Å²) in [7, 11) is 0. The molecule has 2 saturated heterocycles. The third kappa shape index (κ3) is 2.18. The maximum atomic E-state index is 6.31. The smallest absolute Gasteiger partial charge is 0.157 e. The maximum absolute atomic E-state index is 6.31. The summed E-state index contributed by atoms with van der Waals surface area (Å²) in [5.41, 5.74) is 2.79. The van der Waals surface area contributed by atoms with Crippen molar-refractivity contribution in [3.63, 3.8) is 0 Å². The minimum absolute atomic E-state index is 0.0205. The van der Waals surface area contributed by atoms with E-state index in [0.717, 1.165) is 32.5 Å². The highest BCUT2D eigenvalue weighted by molar-refractivity contribution is 5.40. The van der Waals surface area contributed by atoms with Crippen LogP contribution in [-0.4, -0.2) is 31.2 Å². The lowest BCUT2D eigenvalue weighted by atomic mass is 9.87. The molecule has 20 heavy (non-hydrogen) atoms. The normalized spacial score (nSPS) is 39.5. The van der Waals surface area contributed by atoms with Crippen molar-refractivity contribution in [2.75, 3.05) is 13.2 Å². The Hall–Kier alpha value is -0.900. The zero-order chi connectivity index (χ0) is 13.6. The Bertz CT molecular complexity index is 489. The second kappa shape index (κ2) is 4.83. The molecule has 3 nitrogen and oxygen atoms in total. The SMILES string of the molecule is CC1(C2c3ccccc3CC2OC2CCCCO2)CO1. The fourth-order valence-corrected chi connectivity index (χ4v) is 3.71. The number of hydrogen-bond acceptors (Lipinski definition) is 3. The van der Waals surface area contributed by atoms with E-state index in [4.69, 9.17) is 14.2 Å². The molecule has 2 aliphatic heterocycles. The molecule has 4 unspecified atom stereocenters. The average Bonchev–Trinajstić information content (AvgIpc) is 3.10. The van der Waals surface area contributed by atoms with Gasteiger partial charge in [0.05, 0.1) is 18.3 Å². The number of epoxide rings is 1. The molecule has 3 heteroatoms. The van der Waals surface area contributed by atoms with Gasteiger partial charge in [-0.3, -0.25) is 0 Å². The first-order valence-corrected chi connectivity index (χ1v) is 7.75. The van der Waals surface area contributed by atoms with Crippen LogP contribution in [0.2, 0.25) is 0 Å². The zero-order valence-corrected chi connectivity index (χ0v) is 12.0. The van der Waals surface area contributed by atoms with Crippen molar-refractivity contribution in [2.24, 2.45) is 0 Å². The van der Waals surface area contributed by atoms with E-state index >= 15 is 0 Å². The van der Waals surface area contributed by atoms with Crippen molar-refractivity contribution in [1.29, 1.82) is 0 Å². The van der Waals surface area contributed by atoms with Gasteiger partial charge in [0.2, 0.25) is 0 Å². The monoisotopic (exact) mass is 274 g/mol. The number of ether oxygens (including phenoxy) is 3. The van der Waals surface area contributed by atoms with Gasteiger partial charge < -0.3 is 14.2 Å². The van der Waals surface area contributed by atoms with Crippen LogP contribution in [0.1, 0.15) is 43.2 Å². The van der Waals surface area contributed by atoms with Crippen LogP contribution in [0.15, 0.2) is 24.3 Å². The highest BCUT2D eigenvalue weighted by atomic mass is 16.7. The van der Waals surface area contributed by atoms with Crippen LogP contribution in [0.5, 0.6) is 0 Å². The van der Waals surface area contributed by atoms with E-state index in [9.17, 15) is 0 Å². The summed E-state index contributed by atoms with van der Waals surface area (Å²) in [6.45, 7) is 3.89. The standard InChI is InChI=1S/C17H22O3/c1-17(11-19-17)16-13-7-3-2-6-12(13)10-14(16)20-15-8-4-5-9-18-15/h2-3,6-7,14-16H,4-5,8-11H2,1H3. The lowest BCUT2D eigenvalue weighted by Gasteiger charge is -2.30. The van der Waals surface area contributed by atoms with E-state index in [0.29, 0.717) is 5.92 Å². The Labute approximate surface area is 120 Å². The summed E-state index contributed by atoms with van der Waals surface area (Å²) in [6.07, 6.45) is 4.56. The van der Waals surface area contributed by atoms with E-state index < -0.39 is 0 Å². The van der Waals surface area contributed by atoms with Gasteiger partial charge in [-0.1, -0.05) is 24.3 Å². The molecule has 0 radical (unpaired) electrons. The van der Waals surface area contributed by atoms with Gasteiger partial charge in [-0.25, -0.2) is 0 Å². The molecule has 1 aromatic carbocycles. The first-order valence-electron chi connectivity index (χ1n) is 7.75. The minimum atomic E-state index is -0.0358. The highest BCUT2D eigenvalue weighted by Gasteiger charge is 2.54. The van der Waals surface area contributed by atoms with Crippen LogP contribution in [0.25, 0.3) is 0 Å². The molecule has 0 spiro atoms. The van der Waals surface area contributed by atoms with E-state index in [1.807, 2.05) is 0 Å². The molecule has 0 amide bonds. The van der Waals surface area contributed by atoms with Crippen LogP contribution < -0.4 is 0 Å². The van der Waals surface area contributed by atoms with Crippen LogP contribution in [0.4, 0.5) is 0 Å². The van der Waals surface area contributed by atoms with Crippen LogP contribution in [-0.2, 0) is 20.6 Å². The van der Waals surface area contributed by atoms with Gasteiger partial charge in [0, 0.05) is 12.5 Å². The topological polar surface area (TPSA) is 31.0 Å². The first-order chi connectivity index (χ1) is 9.76. The number of benzene rings is 1. The van der Waals surface area contributed by atoms with Crippen molar-refractivity contribution in [2.45, 2.75) is 56.5 Å². The summed E-state index contributed by atoms with van der Waals surface area (Å²) in [5.74, 6) is 0.351. The average molecular weight is 274 g/mol. The quantitative estimate of drug-likeness (QED) is 0.794. The van der Waals surface area contributed by atoms with E-state index in [2.05, 4.69) is 31.2 Å². The largest absolute Gasteiger partial charge is 0.369 e. The Morgan fingerprint density at radius 3 is 2.85 bits per heavy atom. The van der Waals surface area contributed by atoms with E-state index in [1.165, 1.54) is 17.5 Å². The summed E-state index contributed by atoms with van der Waals surface area (Å²) < 4.78 is 17.8. The Morgan fingerprint density at radius 2 is 2.10 bits per heavy atom. The molecule has 2 fully saturated rings. The molecule has 3 aliphatic rings. The van der Waals surface area contributed by atoms with Crippen molar-refractivity contribution in [1.82, 2.24) is 0 Å². The minimum Gasteiger partial charge on any atom is -0.369 e. The predicted molar refractivity (Wildman–Crippen MR) is 75.7 cm³/mol. The molecule has 108 valence electrons. The molecule has 0 saturated carbocycles. The van der Waals surface area contributed by atoms with Gasteiger partial charge >= 0.3 is 0 Å². The molecule has 4 atom stereocenters. The van der Waals surface area contributed by atoms with Crippen molar-refractivity contribution in [3.8, 4) is 0 Å². The molecule has 0 aromatic heterocycles. The van der Waals surface area contributed by atoms with E-state index in [-0.39, 0.29) is 18.0 Å². The molecule has 0 N–H and O–H groups in total. The maximum Gasteiger partial charge on any atom is 0.157 e. The van der Waals surface area contributed by atoms with Crippen molar-refractivity contribution < 1.29 is 14.2 Å². The Balaban J connectivity index is 1.57. The second-order valence-electron chi connectivity index (χ2n) is 6.45. The first kappa shape index (κ1) is 12.8. The summed E-state index contributed by atoms with van der Waals surface area (Å²) >= 11 is 0. The summed E-state index contributed by atoms with van der Waals surface area (Å²) in [6, 6.07) is 8.69. The van der Waals surface area contributed by atoms with Gasteiger partial charge in [0.1, 0.15) is 0 Å². The van der Waals surface area contributed by atoms with Gasteiger partial charge in [-0.05, 0) is 43.7 Å². The van der Waals surface area contributed by atoms with Crippen LogP contribution in [0, 0.1) is 0 Å². The molecule has 2 heterocycles. The van der Waals surface area contributed by atoms with Gasteiger partial charge in [0.25, 0.3) is 0 Å². The van der Waals surface area contributed by atoms with Crippen molar-refractivity contribution >= 4 is 0 Å². The van der Waals surface area contributed by atoms with Crippen LogP contribution in [0.3, 0.4) is 0 Å². The Morgan fingerprint density at radius 1 is 1.25 bits per heavy atom. The molecule has 0 bridgehead atoms. The molecular weight excluding hydrogens is 252 g/mol. The molecule has 1 aliphatic carbocycles. The second-order valence-corrected chi connectivity index (χ2v) is 6.45. The molecular formula is C17H22O3. The van der Waals surface area contributed by atoms with Gasteiger partial charge in [-0.2, -0.15) is 0 Å². The van der Waals surface area contributed by atoms with E-state index in [1.54, 1.807) is 0 Å². The molecule has 1 aromatic rings. The predicted octanol–water partition coefficient (Wildman–Crippen LogP) is 3.03. The number of rotatable bonds is 3. The van der Waals surface area contributed by atoms with Crippen molar-refractivity contribution in [3.05, 3.63) is 35.4 Å². The fraction of sp³-hybridized carbons (Fsp3) is 0.647. The highest BCUT2D eigenvalue weighted by Crippen LogP contribution is 2.50. The van der Waals surface area contributed by atoms with Gasteiger partial charge in [-0.15, -0.1) is 0 Å². The van der Waals surface area contributed by atoms with Gasteiger partial charge in [0.15, 0.2) is 6.29 Å². The number of hydrogen-bond donors (Lipinski definition) is 0. The molecule has 4 rings (SSSR count). The third-order valence-electron chi connectivity index (χ3n) is 4.91. The fourth-order valence-electron chi connectivity index (χ4n) is 3.71. The summed E-state index contributed by atoms with van der Waals surface area (Å²) in [4.78, 5) is 0. The lowest BCUT2D eigenvalue weighted by molar-refractivity contribution is -0.193. The van der Waals surface area contributed by atoms with Crippen LogP contribution >= 0.6 is 0 Å². The number of fused-ring (bicyclic) bond motifs is 1.